The molecule has 0 spiro atoms. The Morgan fingerprint density at radius 3 is 2.65 bits per heavy atom. The molecule has 0 bridgehead atoms. The van der Waals surface area contributed by atoms with Crippen LogP contribution in [0, 0.1) is 24.2 Å². The normalized spacial score (nSPS) is 23.7. The molecule has 4 aliphatic rings. The standard InChI is InChI=1S/C29H31N5O2.ClH/c1-19-12-23(35-3)10-11-25(19)29(2)18-31-34-27(24-16-36-17-26(24)32-28(29)34)33(15-22-8-9-22)14-21-6-4-20(13-30)5-7-21;/h4-7,10-12,18,22,28H,8-9,14-17H2,1-3H3;1H. The molecule has 192 valence electrons. The van der Waals surface area contributed by atoms with Crippen LogP contribution in [0.25, 0.3) is 0 Å². The molecule has 0 N–H and O–H groups in total. The maximum Gasteiger partial charge on any atom is 0.158 e. The van der Waals surface area contributed by atoms with Crippen molar-refractivity contribution in [2.45, 2.75) is 44.8 Å². The number of aliphatic imine (C=N–C) groups is 1. The summed E-state index contributed by atoms with van der Waals surface area (Å²) >= 11 is 0. The molecule has 2 fully saturated rings. The molecule has 7 nitrogen and oxygen atoms in total. The molecule has 2 aromatic rings. The summed E-state index contributed by atoms with van der Waals surface area (Å²) in [7, 11) is 1.70. The van der Waals surface area contributed by atoms with E-state index in [0.29, 0.717) is 24.7 Å². The number of halogens is 1. The fourth-order valence-electron chi connectivity index (χ4n) is 5.60. The Morgan fingerprint density at radius 2 is 1.97 bits per heavy atom. The first kappa shape index (κ1) is 25.3. The number of methoxy groups -OCH3 is 1. The van der Waals surface area contributed by atoms with E-state index in [0.717, 1.165) is 41.5 Å². The third-order valence-corrected chi connectivity index (χ3v) is 7.76. The number of benzene rings is 2. The number of ether oxygens (including phenoxy) is 2. The van der Waals surface area contributed by atoms with Gasteiger partial charge in [-0.1, -0.05) is 18.2 Å². The van der Waals surface area contributed by atoms with E-state index < -0.39 is 0 Å². The van der Waals surface area contributed by atoms with E-state index in [2.05, 4.69) is 60.3 Å². The summed E-state index contributed by atoms with van der Waals surface area (Å²) in [5.41, 5.74) is 6.02. The number of hydrazone groups is 1. The highest BCUT2D eigenvalue weighted by atomic mass is 35.5. The van der Waals surface area contributed by atoms with Gasteiger partial charge in [0, 0.05) is 24.9 Å². The average Bonchev–Trinajstić information content (AvgIpc) is 3.48. The Kier molecular flexibility index (Phi) is 6.74. The van der Waals surface area contributed by atoms with Crippen molar-refractivity contribution in [1.82, 2.24) is 9.91 Å². The summed E-state index contributed by atoms with van der Waals surface area (Å²) in [6, 6.07) is 16.4. The molecular weight excluding hydrogens is 486 g/mol. The predicted molar refractivity (Wildman–Crippen MR) is 146 cm³/mol. The van der Waals surface area contributed by atoms with Crippen LogP contribution in [0.15, 0.2) is 64.0 Å². The van der Waals surface area contributed by atoms with Crippen LogP contribution in [0.5, 0.6) is 5.75 Å². The number of rotatable bonds is 7. The third-order valence-electron chi connectivity index (χ3n) is 7.76. The van der Waals surface area contributed by atoms with Crippen molar-refractivity contribution < 1.29 is 9.47 Å². The second kappa shape index (κ2) is 9.85. The number of aryl methyl sites for hydroxylation is 1. The molecule has 2 atom stereocenters. The molecule has 0 amide bonds. The lowest BCUT2D eigenvalue weighted by Crippen LogP contribution is -2.48. The molecule has 1 saturated heterocycles. The molecule has 0 aromatic heterocycles. The van der Waals surface area contributed by atoms with Gasteiger partial charge in [0.2, 0.25) is 0 Å². The number of fused-ring (bicyclic) bond motifs is 2. The number of hydrogen-bond donors (Lipinski definition) is 0. The lowest BCUT2D eigenvalue weighted by Gasteiger charge is -2.41. The van der Waals surface area contributed by atoms with Crippen molar-refractivity contribution in [2.75, 3.05) is 26.9 Å². The van der Waals surface area contributed by atoms with Crippen LogP contribution in [0.3, 0.4) is 0 Å². The fourth-order valence-corrected chi connectivity index (χ4v) is 5.60. The van der Waals surface area contributed by atoms with Gasteiger partial charge in [0.05, 0.1) is 43.1 Å². The topological polar surface area (TPSA) is 73.5 Å². The monoisotopic (exact) mass is 517 g/mol. The van der Waals surface area contributed by atoms with E-state index in [1.165, 1.54) is 24.0 Å². The molecule has 3 aliphatic heterocycles. The Labute approximate surface area is 224 Å². The summed E-state index contributed by atoms with van der Waals surface area (Å²) in [6.45, 7) is 7.17. The van der Waals surface area contributed by atoms with Gasteiger partial charge in [-0.3, -0.25) is 4.99 Å². The van der Waals surface area contributed by atoms with E-state index in [1.54, 1.807) is 7.11 Å². The number of nitriles is 1. The van der Waals surface area contributed by atoms with E-state index in [1.807, 2.05) is 18.2 Å². The van der Waals surface area contributed by atoms with Gasteiger partial charge in [-0.15, -0.1) is 12.4 Å². The van der Waals surface area contributed by atoms with Gasteiger partial charge in [0.1, 0.15) is 11.6 Å². The smallest absolute Gasteiger partial charge is 0.158 e. The lowest BCUT2D eigenvalue weighted by atomic mass is 9.78. The minimum absolute atomic E-state index is 0. The Hall–Kier alpha value is -3.34. The molecular formula is C29H32ClN5O2. The first-order valence-corrected chi connectivity index (χ1v) is 12.6. The summed E-state index contributed by atoms with van der Waals surface area (Å²) in [6.07, 6.45) is 4.41. The highest BCUT2D eigenvalue weighted by Crippen LogP contribution is 2.44. The first-order valence-electron chi connectivity index (χ1n) is 12.6. The summed E-state index contributed by atoms with van der Waals surface area (Å²) in [4.78, 5) is 7.68. The Balaban J connectivity index is 0.00000280. The van der Waals surface area contributed by atoms with Gasteiger partial charge in [-0.2, -0.15) is 10.4 Å². The maximum absolute atomic E-state index is 9.21. The molecule has 37 heavy (non-hydrogen) atoms. The minimum atomic E-state index is -0.386. The van der Waals surface area contributed by atoms with Gasteiger partial charge >= 0.3 is 0 Å². The van der Waals surface area contributed by atoms with E-state index in [9.17, 15) is 5.26 Å². The van der Waals surface area contributed by atoms with E-state index >= 15 is 0 Å². The average molecular weight is 518 g/mol. The summed E-state index contributed by atoms with van der Waals surface area (Å²) in [5, 5.41) is 16.3. The van der Waals surface area contributed by atoms with E-state index in [-0.39, 0.29) is 24.0 Å². The fraction of sp³-hybridized carbons (Fsp3) is 0.414. The lowest BCUT2D eigenvalue weighted by molar-refractivity contribution is 0.147. The van der Waals surface area contributed by atoms with Crippen LogP contribution in [-0.4, -0.2) is 54.9 Å². The van der Waals surface area contributed by atoms with E-state index in [4.69, 9.17) is 19.6 Å². The second-order valence-corrected chi connectivity index (χ2v) is 10.4. The van der Waals surface area contributed by atoms with Crippen LogP contribution in [0.4, 0.5) is 0 Å². The highest BCUT2D eigenvalue weighted by molar-refractivity contribution is 6.04. The van der Waals surface area contributed by atoms with Crippen molar-refractivity contribution in [3.63, 3.8) is 0 Å². The van der Waals surface area contributed by atoms with Gasteiger partial charge in [-0.25, -0.2) is 5.01 Å². The minimum Gasteiger partial charge on any atom is -0.497 e. The van der Waals surface area contributed by atoms with Crippen molar-refractivity contribution in [2.24, 2.45) is 16.0 Å². The van der Waals surface area contributed by atoms with Crippen molar-refractivity contribution in [3.8, 4) is 11.8 Å². The number of nitrogens with zero attached hydrogens (tertiary/aromatic N) is 5. The Morgan fingerprint density at radius 1 is 1.19 bits per heavy atom. The van der Waals surface area contributed by atoms with Gasteiger partial charge < -0.3 is 14.4 Å². The molecule has 0 radical (unpaired) electrons. The van der Waals surface area contributed by atoms with Gasteiger partial charge in [-0.05, 0) is 73.6 Å². The van der Waals surface area contributed by atoms with Crippen LogP contribution in [0.2, 0.25) is 0 Å². The molecule has 6 rings (SSSR count). The van der Waals surface area contributed by atoms with Crippen molar-refractivity contribution in [3.05, 3.63) is 76.1 Å². The van der Waals surface area contributed by atoms with Gasteiger partial charge in [0.25, 0.3) is 0 Å². The van der Waals surface area contributed by atoms with Crippen molar-refractivity contribution in [1.29, 1.82) is 5.26 Å². The van der Waals surface area contributed by atoms with Crippen LogP contribution < -0.4 is 4.74 Å². The molecule has 1 aliphatic carbocycles. The second-order valence-electron chi connectivity index (χ2n) is 10.4. The summed E-state index contributed by atoms with van der Waals surface area (Å²) < 4.78 is 11.4. The summed E-state index contributed by atoms with van der Waals surface area (Å²) in [5.74, 6) is 2.66. The third kappa shape index (κ3) is 4.49. The molecule has 3 heterocycles. The zero-order valence-electron chi connectivity index (χ0n) is 21.5. The van der Waals surface area contributed by atoms with Crippen molar-refractivity contribution >= 4 is 24.3 Å². The molecule has 8 heteroatoms. The highest BCUT2D eigenvalue weighted by Gasteiger charge is 2.50. The predicted octanol–water partition coefficient (Wildman–Crippen LogP) is 4.79. The molecule has 2 unspecified atom stereocenters. The quantitative estimate of drug-likeness (QED) is 0.528. The molecule has 2 aromatic carbocycles. The van der Waals surface area contributed by atoms with Gasteiger partial charge in [0.15, 0.2) is 6.17 Å². The van der Waals surface area contributed by atoms with Crippen LogP contribution in [-0.2, 0) is 16.7 Å². The van der Waals surface area contributed by atoms with Crippen LogP contribution in [0.1, 0.15) is 42.0 Å². The number of hydrogen-bond acceptors (Lipinski definition) is 7. The first-order chi connectivity index (χ1) is 17.5. The van der Waals surface area contributed by atoms with Crippen LogP contribution >= 0.6 is 12.4 Å². The zero-order valence-corrected chi connectivity index (χ0v) is 22.3. The Bertz CT molecular complexity index is 1320. The zero-order chi connectivity index (χ0) is 24.9. The maximum atomic E-state index is 9.21. The SMILES string of the molecule is COc1ccc(C2(C)C=NN3C(N(Cc4ccc(C#N)cc4)CC4CC4)=C4COCC4=NC32)c(C)c1.Cl. The molecule has 1 saturated carbocycles. The largest absolute Gasteiger partial charge is 0.497 e.